The van der Waals surface area contributed by atoms with Gasteiger partial charge < -0.3 is 15.8 Å². The van der Waals surface area contributed by atoms with Gasteiger partial charge in [-0.25, -0.2) is 0 Å². The summed E-state index contributed by atoms with van der Waals surface area (Å²) in [6.07, 6.45) is 3.12. The normalized spacial score (nSPS) is 20.9. The van der Waals surface area contributed by atoms with Crippen molar-refractivity contribution in [3.63, 3.8) is 0 Å². The molecule has 0 spiro atoms. The van der Waals surface area contributed by atoms with Crippen LogP contribution >= 0.6 is 12.4 Å². The number of nitrogens with two attached hydrogens (primary N) is 1. The zero-order chi connectivity index (χ0) is 14.4. The van der Waals surface area contributed by atoms with E-state index in [2.05, 4.69) is 5.32 Å². The largest absolute Gasteiger partial charge is 0.377 e. The summed E-state index contributed by atoms with van der Waals surface area (Å²) < 4.78 is 5.38. The van der Waals surface area contributed by atoms with Crippen molar-refractivity contribution in [1.82, 2.24) is 0 Å². The van der Waals surface area contributed by atoms with E-state index in [9.17, 15) is 4.79 Å². The first-order chi connectivity index (χ1) is 9.74. The van der Waals surface area contributed by atoms with Gasteiger partial charge in [0.1, 0.15) is 0 Å². The van der Waals surface area contributed by atoms with Crippen molar-refractivity contribution in [3.05, 3.63) is 29.8 Å². The summed E-state index contributed by atoms with van der Waals surface area (Å²) in [6.45, 7) is 3.84. The number of halogens is 1. The Bertz CT molecular complexity index is 454. The number of carbonyl (C=O) groups is 1. The summed E-state index contributed by atoms with van der Waals surface area (Å²) in [5.74, 6) is 0.503. The van der Waals surface area contributed by atoms with E-state index in [4.69, 9.17) is 10.5 Å². The SMILES string of the molecule is CCOCc1cccc(NC(=O)[C@@H]2CCC[C@@H]2CN)c1.Cl. The Hall–Kier alpha value is -1.10. The fraction of sp³-hybridized carbons (Fsp3) is 0.562. The minimum absolute atomic E-state index is 0. The number of amides is 1. The maximum Gasteiger partial charge on any atom is 0.227 e. The standard InChI is InChI=1S/C16H24N2O2.ClH/c1-2-20-11-12-5-3-7-14(9-12)18-16(19)15-8-4-6-13(15)10-17;/h3,5,7,9,13,15H,2,4,6,8,10-11,17H2,1H3,(H,18,19);1H/t13-,15-;/m1./s1. The number of carbonyl (C=O) groups excluding carboxylic acids is 1. The van der Waals surface area contributed by atoms with Gasteiger partial charge in [0.05, 0.1) is 6.61 Å². The van der Waals surface area contributed by atoms with Gasteiger partial charge >= 0.3 is 0 Å². The van der Waals surface area contributed by atoms with Crippen LogP contribution in [0.3, 0.4) is 0 Å². The van der Waals surface area contributed by atoms with E-state index < -0.39 is 0 Å². The summed E-state index contributed by atoms with van der Waals surface area (Å²) in [7, 11) is 0. The second-order valence-corrected chi connectivity index (χ2v) is 5.36. The van der Waals surface area contributed by atoms with Gasteiger partial charge in [-0.2, -0.15) is 0 Å². The predicted octanol–water partition coefficient (Wildman–Crippen LogP) is 2.96. The highest BCUT2D eigenvalue weighted by atomic mass is 35.5. The molecule has 0 bridgehead atoms. The van der Waals surface area contributed by atoms with E-state index in [1.54, 1.807) is 0 Å². The van der Waals surface area contributed by atoms with Gasteiger partial charge in [-0.1, -0.05) is 18.6 Å². The number of hydrogen-bond donors (Lipinski definition) is 2. The lowest BCUT2D eigenvalue weighted by Crippen LogP contribution is -2.29. The van der Waals surface area contributed by atoms with Crippen molar-refractivity contribution in [3.8, 4) is 0 Å². The van der Waals surface area contributed by atoms with Crippen molar-refractivity contribution in [1.29, 1.82) is 0 Å². The summed E-state index contributed by atoms with van der Waals surface area (Å²) in [5.41, 5.74) is 7.66. The molecule has 1 aromatic carbocycles. The van der Waals surface area contributed by atoms with E-state index in [0.717, 1.165) is 30.5 Å². The van der Waals surface area contributed by atoms with E-state index in [-0.39, 0.29) is 24.2 Å². The highest BCUT2D eigenvalue weighted by molar-refractivity contribution is 5.93. The zero-order valence-electron chi connectivity index (χ0n) is 12.5. The van der Waals surface area contributed by atoms with Crippen molar-refractivity contribution in [2.45, 2.75) is 32.8 Å². The third-order valence-electron chi connectivity index (χ3n) is 3.97. The molecule has 118 valence electrons. The molecule has 2 rings (SSSR count). The fourth-order valence-corrected chi connectivity index (χ4v) is 2.86. The average molecular weight is 313 g/mol. The van der Waals surface area contributed by atoms with Crippen LogP contribution in [0.5, 0.6) is 0 Å². The molecule has 2 atom stereocenters. The van der Waals surface area contributed by atoms with Gasteiger partial charge in [-0.3, -0.25) is 4.79 Å². The third-order valence-corrected chi connectivity index (χ3v) is 3.97. The summed E-state index contributed by atoms with van der Waals surface area (Å²) in [6, 6.07) is 7.84. The third kappa shape index (κ3) is 4.99. The highest BCUT2D eigenvalue weighted by Gasteiger charge is 2.31. The lowest BCUT2D eigenvalue weighted by Gasteiger charge is -2.17. The van der Waals surface area contributed by atoms with Crippen LogP contribution in [0.4, 0.5) is 5.69 Å². The molecule has 1 aliphatic carbocycles. The van der Waals surface area contributed by atoms with Crippen LogP contribution in [0, 0.1) is 11.8 Å². The molecule has 0 heterocycles. The fourth-order valence-electron chi connectivity index (χ4n) is 2.86. The van der Waals surface area contributed by atoms with Crippen molar-refractivity contribution in [2.24, 2.45) is 17.6 Å². The minimum atomic E-state index is 0. The quantitative estimate of drug-likeness (QED) is 0.849. The molecule has 4 nitrogen and oxygen atoms in total. The van der Waals surface area contributed by atoms with Crippen molar-refractivity contribution < 1.29 is 9.53 Å². The van der Waals surface area contributed by atoms with Crippen LogP contribution in [0.2, 0.25) is 0 Å². The molecule has 5 heteroatoms. The average Bonchev–Trinajstić information content (AvgIpc) is 2.94. The molecule has 0 saturated heterocycles. The Kier molecular flexibility index (Phi) is 7.72. The maximum absolute atomic E-state index is 12.3. The topological polar surface area (TPSA) is 64.3 Å². The molecule has 0 unspecified atom stereocenters. The Labute approximate surface area is 132 Å². The minimum Gasteiger partial charge on any atom is -0.377 e. The van der Waals surface area contributed by atoms with Gasteiger partial charge in [0.2, 0.25) is 5.91 Å². The molecule has 21 heavy (non-hydrogen) atoms. The highest BCUT2D eigenvalue weighted by Crippen LogP contribution is 2.31. The molecular formula is C16H25ClN2O2. The van der Waals surface area contributed by atoms with Crippen LogP contribution in [0.15, 0.2) is 24.3 Å². The van der Waals surface area contributed by atoms with E-state index in [0.29, 0.717) is 25.7 Å². The first-order valence-corrected chi connectivity index (χ1v) is 7.42. The number of benzene rings is 1. The molecule has 3 N–H and O–H groups in total. The maximum atomic E-state index is 12.3. The van der Waals surface area contributed by atoms with Gasteiger partial charge in [-0.15, -0.1) is 12.4 Å². The molecule has 1 amide bonds. The lowest BCUT2D eigenvalue weighted by molar-refractivity contribution is -0.120. The summed E-state index contributed by atoms with van der Waals surface area (Å²) in [4.78, 5) is 12.3. The molecule has 0 aliphatic heterocycles. The first kappa shape index (κ1) is 18.0. The van der Waals surface area contributed by atoms with E-state index in [1.807, 2.05) is 31.2 Å². The second kappa shape index (κ2) is 9.03. The first-order valence-electron chi connectivity index (χ1n) is 7.42. The van der Waals surface area contributed by atoms with Crippen LogP contribution in [0.1, 0.15) is 31.7 Å². The Morgan fingerprint density at radius 1 is 1.43 bits per heavy atom. The predicted molar refractivity (Wildman–Crippen MR) is 87.5 cm³/mol. The summed E-state index contributed by atoms with van der Waals surface area (Å²) in [5, 5.41) is 3.01. The monoisotopic (exact) mass is 312 g/mol. The molecule has 0 aromatic heterocycles. The molecule has 1 aromatic rings. The number of ether oxygens (including phenoxy) is 1. The Balaban J connectivity index is 0.00000220. The van der Waals surface area contributed by atoms with Crippen molar-refractivity contribution in [2.75, 3.05) is 18.5 Å². The van der Waals surface area contributed by atoms with Gasteiger partial charge in [-0.05, 0) is 49.9 Å². The van der Waals surface area contributed by atoms with Gasteiger partial charge in [0, 0.05) is 18.2 Å². The van der Waals surface area contributed by atoms with Crippen LogP contribution in [-0.2, 0) is 16.1 Å². The molecule has 1 fully saturated rings. The second-order valence-electron chi connectivity index (χ2n) is 5.36. The lowest BCUT2D eigenvalue weighted by atomic mass is 9.95. The van der Waals surface area contributed by atoms with Crippen LogP contribution in [0.25, 0.3) is 0 Å². The smallest absolute Gasteiger partial charge is 0.227 e. The zero-order valence-corrected chi connectivity index (χ0v) is 13.3. The van der Waals surface area contributed by atoms with Gasteiger partial charge in [0.15, 0.2) is 0 Å². The number of nitrogens with one attached hydrogen (secondary N) is 1. The molecule has 0 radical (unpaired) electrons. The van der Waals surface area contributed by atoms with E-state index >= 15 is 0 Å². The summed E-state index contributed by atoms with van der Waals surface area (Å²) >= 11 is 0. The van der Waals surface area contributed by atoms with E-state index in [1.165, 1.54) is 0 Å². The van der Waals surface area contributed by atoms with Crippen LogP contribution in [-0.4, -0.2) is 19.1 Å². The van der Waals surface area contributed by atoms with Crippen molar-refractivity contribution >= 4 is 24.0 Å². The Morgan fingerprint density at radius 2 is 2.24 bits per heavy atom. The number of hydrogen-bond acceptors (Lipinski definition) is 3. The molecule has 1 aliphatic rings. The number of anilines is 1. The molecular weight excluding hydrogens is 288 g/mol. The van der Waals surface area contributed by atoms with Gasteiger partial charge in [0.25, 0.3) is 0 Å². The Morgan fingerprint density at radius 3 is 2.95 bits per heavy atom. The number of rotatable bonds is 6. The molecule has 1 saturated carbocycles. The van der Waals surface area contributed by atoms with Crippen LogP contribution < -0.4 is 11.1 Å².